The van der Waals surface area contributed by atoms with Gasteiger partial charge in [0.25, 0.3) is 5.24 Å². The van der Waals surface area contributed by atoms with Gasteiger partial charge in [-0.25, -0.2) is 0 Å². The summed E-state index contributed by atoms with van der Waals surface area (Å²) in [5.41, 5.74) is 0. The van der Waals surface area contributed by atoms with E-state index in [-0.39, 0.29) is 10.4 Å². The number of hydrogen-bond acceptors (Lipinski definition) is 7. The van der Waals surface area contributed by atoms with E-state index in [0.29, 0.717) is 26.2 Å². The lowest BCUT2D eigenvalue weighted by atomic mass is 10.1. The molecule has 0 aliphatic rings. The molecule has 0 heterocycles. The van der Waals surface area contributed by atoms with Crippen molar-refractivity contribution in [3.8, 4) is 0 Å². The second kappa shape index (κ2) is 21.8. The average Bonchev–Trinajstić information content (AvgIpc) is 2.74. The zero-order chi connectivity index (χ0) is 23.2. The zero-order valence-corrected chi connectivity index (χ0v) is 22.8. The van der Waals surface area contributed by atoms with Crippen LogP contribution in [-0.2, 0) is 18.1 Å². The standard InChI is InChI=1S/C22H45NO5S2Si/c1-5-9-18-30-22(25)23-17-14-12-10-11-13-16-21(24)29-19-15-20-31(26-6-2,27-7-3)28-8-4/h5-20H2,1-4H3,(H,23,25). The minimum atomic E-state index is -2.58. The fourth-order valence-electron chi connectivity index (χ4n) is 3.02. The van der Waals surface area contributed by atoms with Gasteiger partial charge in [-0.05, 0) is 46.5 Å². The number of rotatable bonds is 21. The van der Waals surface area contributed by atoms with Crippen LogP contribution in [0.2, 0.25) is 6.04 Å². The summed E-state index contributed by atoms with van der Waals surface area (Å²) in [6.07, 6.45) is 8.95. The van der Waals surface area contributed by atoms with Gasteiger partial charge in [-0.1, -0.05) is 56.1 Å². The molecule has 0 aliphatic heterocycles. The highest BCUT2D eigenvalue weighted by Gasteiger charge is 2.39. The van der Waals surface area contributed by atoms with E-state index in [1.54, 1.807) is 0 Å². The summed E-state index contributed by atoms with van der Waals surface area (Å²) in [6, 6.07) is 0.760. The van der Waals surface area contributed by atoms with Crippen LogP contribution < -0.4 is 5.32 Å². The summed E-state index contributed by atoms with van der Waals surface area (Å²) in [4.78, 5) is 23.7. The molecule has 184 valence electrons. The van der Waals surface area contributed by atoms with Crippen molar-refractivity contribution in [1.29, 1.82) is 0 Å². The molecule has 0 radical (unpaired) electrons. The maximum absolute atomic E-state index is 12.1. The molecule has 0 fully saturated rings. The van der Waals surface area contributed by atoms with Crippen molar-refractivity contribution in [3.63, 3.8) is 0 Å². The Bertz CT molecular complexity index is 441. The lowest BCUT2D eigenvalue weighted by Gasteiger charge is -2.28. The largest absolute Gasteiger partial charge is 0.500 e. The molecule has 0 saturated heterocycles. The molecule has 1 amide bonds. The third kappa shape index (κ3) is 18.1. The van der Waals surface area contributed by atoms with Crippen molar-refractivity contribution in [2.45, 2.75) is 91.5 Å². The van der Waals surface area contributed by atoms with Crippen LogP contribution in [0.5, 0.6) is 0 Å². The predicted octanol–water partition coefficient (Wildman–Crippen LogP) is 6.27. The van der Waals surface area contributed by atoms with Crippen LogP contribution in [0.4, 0.5) is 4.79 Å². The molecule has 0 spiro atoms. The molecule has 0 aromatic rings. The Morgan fingerprint density at radius 2 is 1.32 bits per heavy atom. The van der Waals surface area contributed by atoms with Crippen LogP contribution in [0, 0.1) is 0 Å². The van der Waals surface area contributed by atoms with E-state index >= 15 is 0 Å². The van der Waals surface area contributed by atoms with Crippen molar-refractivity contribution >= 4 is 42.7 Å². The van der Waals surface area contributed by atoms with E-state index in [1.807, 2.05) is 20.8 Å². The van der Waals surface area contributed by atoms with Gasteiger partial charge in [-0.2, -0.15) is 0 Å². The Morgan fingerprint density at radius 3 is 1.94 bits per heavy atom. The van der Waals surface area contributed by atoms with Crippen molar-refractivity contribution in [1.82, 2.24) is 5.32 Å². The highest BCUT2D eigenvalue weighted by atomic mass is 32.2. The summed E-state index contributed by atoms with van der Waals surface area (Å²) in [7, 11) is -2.58. The molecule has 0 aromatic carbocycles. The quantitative estimate of drug-likeness (QED) is 0.149. The normalized spacial score (nSPS) is 11.6. The Morgan fingerprint density at radius 1 is 0.742 bits per heavy atom. The lowest BCUT2D eigenvalue weighted by Crippen LogP contribution is -2.46. The van der Waals surface area contributed by atoms with Crippen LogP contribution in [0.15, 0.2) is 0 Å². The first kappa shape index (κ1) is 30.9. The fraction of sp³-hybridized carbons (Fsp3) is 0.909. The monoisotopic (exact) mass is 495 g/mol. The molecule has 9 heteroatoms. The molecule has 0 saturated carbocycles. The Balaban J connectivity index is 3.70. The summed E-state index contributed by atoms with van der Waals surface area (Å²) < 4.78 is 17.5. The van der Waals surface area contributed by atoms with Gasteiger partial charge in [0.05, 0.1) is 0 Å². The topological polar surface area (TPSA) is 73.9 Å². The maximum atomic E-state index is 12.1. The molecular formula is C22H45NO5S2Si. The SMILES string of the molecule is CCCCSC(=O)NCCCCCCCC(=O)SCCC[Si](OCC)(OCC)OCC. The van der Waals surface area contributed by atoms with Crippen molar-refractivity contribution < 1.29 is 22.9 Å². The number of amides is 1. The van der Waals surface area contributed by atoms with E-state index in [1.165, 1.54) is 23.5 Å². The summed E-state index contributed by atoms with van der Waals surface area (Å²) >= 11 is 2.81. The minimum Gasteiger partial charge on any atom is -0.374 e. The Kier molecular flexibility index (Phi) is 21.7. The predicted molar refractivity (Wildman–Crippen MR) is 136 cm³/mol. The number of nitrogens with one attached hydrogen (secondary N) is 1. The van der Waals surface area contributed by atoms with Crippen molar-refractivity contribution in [2.75, 3.05) is 37.9 Å². The Labute approximate surface area is 200 Å². The minimum absolute atomic E-state index is 0.0970. The third-order valence-corrected chi connectivity index (χ3v) is 9.61. The summed E-state index contributed by atoms with van der Waals surface area (Å²) in [5.74, 6) is 1.69. The van der Waals surface area contributed by atoms with Gasteiger partial charge in [-0.3, -0.25) is 9.59 Å². The second-order valence-electron chi connectivity index (χ2n) is 7.24. The fourth-order valence-corrected chi connectivity index (χ4v) is 7.52. The highest BCUT2D eigenvalue weighted by molar-refractivity contribution is 8.13. The molecule has 0 aromatic heterocycles. The molecule has 0 unspecified atom stereocenters. The van der Waals surface area contributed by atoms with Gasteiger partial charge >= 0.3 is 8.80 Å². The number of hydrogen-bond donors (Lipinski definition) is 1. The number of unbranched alkanes of at least 4 members (excludes halogenated alkanes) is 5. The second-order valence-corrected chi connectivity index (χ2v) is 12.2. The molecule has 0 rings (SSSR count). The van der Waals surface area contributed by atoms with E-state index in [0.717, 1.165) is 75.5 Å². The molecular weight excluding hydrogens is 450 g/mol. The first-order valence-corrected chi connectivity index (χ1v) is 15.9. The molecule has 1 N–H and O–H groups in total. The van der Waals surface area contributed by atoms with Gasteiger partial charge in [0, 0.05) is 50.3 Å². The van der Waals surface area contributed by atoms with Gasteiger partial charge in [-0.15, -0.1) is 0 Å². The molecule has 0 aliphatic carbocycles. The number of carbonyl (C=O) groups is 2. The highest BCUT2D eigenvalue weighted by Crippen LogP contribution is 2.21. The van der Waals surface area contributed by atoms with Crippen molar-refractivity contribution in [2.24, 2.45) is 0 Å². The Hall–Kier alpha value is -0.0631. The van der Waals surface area contributed by atoms with E-state index < -0.39 is 8.80 Å². The van der Waals surface area contributed by atoms with Crippen LogP contribution in [0.25, 0.3) is 0 Å². The van der Waals surface area contributed by atoms with Gasteiger partial charge in [0.2, 0.25) is 0 Å². The molecule has 31 heavy (non-hydrogen) atoms. The van der Waals surface area contributed by atoms with Crippen molar-refractivity contribution in [3.05, 3.63) is 0 Å². The van der Waals surface area contributed by atoms with Crippen LogP contribution in [0.3, 0.4) is 0 Å². The molecule has 0 bridgehead atoms. The zero-order valence-electron chi connectivity index (χ0n) is 20.2. The first-order chi connectivity index (χ1) is 15.0. The van der Waals surface area contributed by atoms with Gasteiger partial charge in [0.15, 0.2) is 5.12 Å². The molecule has 6 nitrogen and oxygen atoms in total. The number of carbonyl (C=O) groups excluding carboxylic acids is 2. The van der Waals surface area contributed by atoms with Gasteiger partial charge in [0.1, 0.15) is 0 Å². The maximum Gasteiger partial charge on any atom is 0.500 e. The third-order valence-electron chi connectivity index (χ3n) is 4.54. The number of thioether (sulfide) groups is 2. The van der Waals surface area contributed by atoms with E-state index in [4.69, 9.17) is 13.3 Å². The van der Waals surface area contributed by atoms with E-state index in [9.17, 15) is 9.59 Å². The van der Waals surface area contributed by atoms with Crippen LogP contribution >= 0.6 is 23.5 Å². The van der Waals surface area contributed by atoms with Gasteiger partial charge < -0.3 is 18.6 Å². The summed E-state index contributed by atoms with van der Waals surface area (Å²) in [5, 5.41) is 3.32. The smallest absolute Gasteiger partial charge is 0.374 e. The van der Waals surface area contributed by atoms with E-state index in [2.05, 4.69) is 12.2 Å². The first-order valence-electron chi connectivity index (χ1n) is 12.0. The molecule has 0 atom stereocenters. The van der Waals surface area contributed by atoms with Crippen LogP contribution in [-0.4, -0.2) is 57.0 Å². The van der Waals surface area contributed by atoms with Crippen LogP contribution in [0.1, 0.15) is 85.5 Å². The lowest BCUT2D eigenvalue weighted by molar-refractivity contribution is -0.111. The average molecular weight is 496 g/mol. The summed E-state index contributed by atoms with van der Waals surface area (Å²) in [6.45, 7) is 10.5.